The number of nitrogens with zero attached hydrogens (tertiary/aromatic N) is 1. The molecule has 1 heterocycles. The Balaban J connectivity index is 2.00. The third kappa shape index (κ3) is 3.57. The molecule has 0 bridgehead atoms. The van der Waals surface area contributed by atoms with Crippen molar-refractivity contribution in [2.24, 2.45) is 0 Å². The second-order valence-corrected chi connectivity index (χ2v) is 10.1. The van der Waals surface area contributed by atoms with Gasteiger partial charge in [-0.05, 0) is 61.6 Å². The first-order valence-electron chi connectivity index (χ1n) is 8.29. The predicted octanol–water partition coefficient (Wildman–Crippen LogP) is 2.82. The van der Waals surface area contributed by atoms with Gasteiger partial charge in [0, 0.05) is 6.54 Å². The summed E-state index contributed by atoms with van der Waals surface area (Å²) < 4.78 is 53.5. The van der Waals surface area contributed by atoms with E-state index in [1.165, 1.54) is 4.31 Å². The summed E-state index contributed by atoms with van der Waals surface area (Å²) in [6.45, 7) is 4.03. The summed E-state index contributed by atoms with van der Waals surface area (Å²) in [4.78, 5) is 0.218. The van der Waals surface area contributed by atoms with Gasteiger partial charge in [-0.2, -0.15) is 0 Å². The average Bonchev–Trinajstić information content (AvgIpc) is 2.55. The van der Waals surface area contributed by atoms with Crippen molar-refractivity contribution in [3.8, 4) is 0 Å². The summed E-state index contributed by atoms with van der Waals surface area (Å²) in [5.41, 5.74) is 3.37. The molecule has 3 rings (SSSR count). The Morgan fingerprint density at radius 1 is 1.04 bits per heavy atom. The van der Waals surface area contributed by atoms with Gasteiger partial charge in [-0.3, -0.25) is 9.03 Å². The van der Waals surface area contributed by atoms with Crippen LogP contribution in [0.3, 0.4) is 0 Å². The highest BCUT2D eigenvalue weighted by molar-refractivity contribution is 7.93. The van der Waals surface area contributed by atoms with Crippen LogP contribution in [0.5, 0.6) is 0 Å². The molecule has 0 aliphatic carbocycles. The van der Waals surface area contributed by atoms with Gasteiger partial charge in [0.25, 0.3) is 10.0 Å². The highest BCUT2D eigenvalue weighted by atomic mass is 32.2. The second-order valence-electron chi connectivity index (χ2n) is 6.59. The van der Waals surface area contributed by atoms with Gasteiger partial charge in [0.2, 0.25) is 10.0 Å². The number of rotatable bonds is 4. The van der Waals surface area contributed by atoms with Crippen LogP contribution in [0.4, 0.5) is 11.4 Å². The molecule has 0 atom stereocenters. The maximum Gasteiger partial charge on any atom is 0.262 e. The van der Waals surface area contributed by atoms with Gasteiger partial charge in [-0.15, -0.1) is 0 Å². The van der Waals surface area contributed by atoms with Gasteiger partial charge in [-0.1, -0.05) is 18.2 Å². The van der Waals surface area contributed by atoms with Gasteiger partial charge in [-0.25, -0.2) is 16.8 Å². The van der Waals surface area contributed by atoms with E-state index < -0.39 is 20.0 Å². The van der Waals surface area contributed by atoms with Crippen molar-refractivity contribution >= 4 is 31.4 Å². The molecule has 0 saturated heterocycles. The SMILES string of the molecule is Cc1cccc(S(=O)(=O)Nc2ccc3c(c2)N(S(C)(=O)=O)CCC3)c1C. The molecular weight excluding hydrogens is 372 g/mol. The van der Waals surface area contributed by atoms with E-state index in [-0.39, 0.29) is 4.90 Å². The number of nitrogens with one attached hydrogen (secondary N) is 1. The molecule has 2 aromatic rings. The molecule has 6 nitrogen and oxygen atoms in total. The van der Waals surface area contributed by atoms with Crippen LogP contribution in [0, 0.1) is 13.8 Å². The minimum atomic E-state index is -3.76. The van der Waals surface area contributed by atoms with E-state index in [1.807, 2.05) is 13.0 Å². The number of aryl methyl sites for hydroxylation is 2. The maximum atomic E-state index is 12.8. The van der Waals surface area contributed by atoms with Crippen LogP contribution < -0.4 is 9.03 Å². The maximum absolute atomic E-state index is 12.8. The zero-order valence-electron chi connectivity index (χ0n) is 15.0. The molecule has 1 aliphatic rings. The van der Waals surface area contributed by atoms with E-state index in [9.17, 15) is 16.8 Å². The molecule has 8 heteroatoms. The summed E-state index contributed by atoms with van der Waals surface area (Å²) in [6, 6.07) is 10.2. The van der Waals surface area contributed by atoms with Crippen molar-refractivity contribution in [1.29, 1.82) is 0 Å². The van der Waals surface area contributed by atoms with E-state index in [0.717, 1.165) is 30.2 Å². The number of benzene rings is 2. The first-order valence-corrected chi connectivity index (χ1v) is 11.6. The van der Waals surface area contributed by atoms with Gasteiger partial charge in [0.05, 0.1) is 22.5 Å². The topological polar surface area (TPSA) is 83.6 Å². The lowest BCUT2D eigenvalue weighted by atomic mass is 10.0. The number of fused-ring (bicyclic) bond motifs is 1. The highest BCUT2D eigenvalue weighted by Gasteiger charge is 2.25. The molecule has 0 spiro atoms. The van der Waals surface area contributed by atoms with Gasteiger partial charge in [0.15, 0.2) is 0 Å². The van der Waals surface area contributed by atoms with Crippen molar-refractivity contribution < 1.29 is 16.8 Å². The fourth-order valence-corrected chi connectivity index (χ4v) is 5.53. The Bertz CT molecular complexity index is 1060. The number of hydrogen-bond acceptors (Lipinski definition) is 4. The molecule has 140 valence electrons. The molecule has 0 fully saturated rings. The van der Waals surface area contributed by atoms with Crippen LogP contribution >= 0.6 is 0 Å². The molecule has 0 radical (unpaired) electrons. The molecule has 1 N–H and O–H groups in total. The van der Waals surface area contributed by atoms with Crippen LogP contribution in [-0.4, -0.2) is 29.6 Å². The normalized spacial score (nSPS) is 14.8. The van der Waals surface area contributed by atoms with E-state index in [0.29, 0.717) is 23.5 Å². The Labute approximate surface area is 155 Å². The summed E-state index contributed by atoms with van der Waals surface area (Å²) in [5.74, 6) is 0. The third-order valence-electron chi connectivity index (χ3n) is 4.66. The predicted molar refractivity (Wildman–Crippen MR) is 104 cm³/mol. The van der Waals surface area contributed by atoms with Crippen molar-refractivity contribution in [3.05, 3.63) is 53.1 Å². The second kappa shape index (κ2) is 6.59. The molecule has 1 aliphatic heterocycles. The summed E-state index contributed by atoms with van der Waals surface area (Å²) in [5, 5.41) is 0. The standard InChI is InChI=1S/C18H22N2O4S2/c1-13-6-4-8-18(14(13)2)26(23,24)19-16-10-9-15-7-5-11-20(17(15)12-16)25(3,21)22/h4,6,8-10,12,19H,5,7,11H2,1-3H3. The van der Waals surface area contributed by atoms with Crippen molar-refractivity contribution in [2.45, 2.75) is 31.6 Å². The largest absolute Gasteiger partial charge is 0.280 e. The lowest BCUT2D eigenvalue weighted by Gasteiger charge is -2.29. The number of sulfonamides is 2. The van der Waals surface area contributed by atoms with Gasteiger partial charge >= 0.3 is 0 Å². The summed E-state index contributed by atoms with van der Waals surface area (Å²) >= 11 is 0. The van der Waals surface area contributed by atoms with Crippen LogP contribution in [0.2, 0.25) is 0 Å². The Morgan fingerprint density at radius 2 is 1.77 bits per heavy atom. The fraction of sp³-hybridized carbons (Fsp3) is 0.333. The zero-order chi connectivity index (χ0) is 19.1. The minimum absolute atomic E-state index is 0.218. The highest BCUT2D eigenvalue weighted by Crippen LogP contribution is 2.32. The number of anilines is 2. The molecule has 0 aromatic heterocycles. The molecule has 2 aromatic carbocycles. The molecule has 26 heavy (non-hydrogen) atoms. The molecular formula is C18H22N2O4S2. The number of hydrogen-bond donors (Lipinski definition) is 1. The van der Waals surface area contributed by atoms with Crippen molar-refractivity contribution in [3.63, 3.8) is 0 Å². The quantitative estimate of drug-likeness (QED) is 0.864. The molecule has 0 unspecified atom stereocenters. The lowest BCUT2D eigenvalue weighted by molar-refractivity contribution is 0.592. The minimum Gasteiger partial charge on any atom is -0.280 e. The average molecular weight is 395 g/mol. The summed E-state index contributed by atoms with van der Waals surface area (Å²) in [6.07, 6.45) is 2.67. The fourth-order valence-electron chi connectivity index (χ4n) is 3.17. The van der Waals surface area contributed by atoms with E-state index >= 15 is 0 Å². The van der Waals surface area contributed by atoms with Crippen molar-refractivity contribution in [2.75, 3.05) is 21.8 Å². The summed E-state index contributed by atoms with van der Waals surface area (Å²) in [7, 11) is -7.17. The Morgan fingerprint density at radius 3 is 2.46 bits per heavy atom. The molecule has 0 saturated carbocycles. The third-order valence-corrected chi connectivity index (χ3v) is 7.36. The lowest BCUT2D eigenvalue weighted by Crippen LogP contribution is -2.34. The monoisotopic (exact) mass is 394 g/mol. The van der Waals surface area contributed by atoms with E-state index in [4.69, 9.17) is 0 Å². The Hall–Kier alpha value is -2.06. The van der Waals surface area contributed by atoms with Crippen LogP contribution in [0.1, 0.15) is 23.1 Å². The molecule has 0 amide bonds. The van der Waals surface area contributed by atoms with Gasteiger partial charge in [0.1, 0.15) is 0 Å². The zero-order valence-corrected chi connectivity index (χ0v) is 16.6. The first-order chi connectivity index (χ1) is 12.1. The smallest absolute Gasteiger partial charge is 0.262 e. The van der Waals surface area contributed by atoms with Crippen molar-refractivity contribution in [1.82, 2.24) is 0 Å². The first kappa shape index (κ1) is 18.7. The van der Waals surface area contributed by atoms with Gasteiger partial charge < -0.3 is 0 Å². The van der Waals surface area contributed by atoms with Crippen LogP contribution in [-0.2, 0) is 26.5 Å². The van der Waals surface area contributed by atoms with E-state index in [2.05, 4.69) is 4.72 Å². The van der Waals surface area contributed by atoms with Crippen LogP contribution in [0.25, 0.3) is 0 Å². The van der Waals surface area contributed by atoms with E-state index in [1.54, 1.807) is 37.3 Å². The van der Waals surface area contributed by atoms with Crippen LogP contribution in [0.15, 0.2) is 41.3 Å². The Kier molecular flexibility index (Phi) is 4.74.